The number of rotatable bonds is 5. The van der Waals surface area contributed by atoms with Gasteiger partial charge >= 0.3 is 0 Å². The average molecular weight is 240 g/mol. The van der Waals surface area contributed by atoms with Gasteiger partial charge in [0.2, 0.25) is 5.91 Å². The van der Waals surface area contributed by atoms with Crippen LogP contribution in [0.25, 0.3) is 0 Å². The van der Waals surface area contributed by atoms with Crippen molar-refractivity contribution in [3.05, 3.63) is 30.1 Å². The van der Waals surface area contributed by atoms with Crippen molar-refractivity contribution in [2.75, 3.05) is 0 Å². The van der Waals surface area contributed by atoms with Crippen LogP contribution in [0.15, 0.2) is 24.3 Å². The lowest BCUT2D eigenvalue weighted by molar-refractivity contribution is -0.123. The summed E-state index contributed by atoms with van der Waals surface area (Å²) in [7, 11) is 0. The minimum atomic E-state index is -1.13. The molecule has 1 aromatic rings. The molecule has 0 aliphatic heterocycles. The lowest BCUT2D eigenvalue weighted by Crippen LogP contribution is -2.51. The van der Waals surface area contributed by atoms with Crippen LogP contribution in [0.4, 0.5) is 4.39 Å². The average Bonchev–Trinajstić information content (AvgIpc) is 2.15. The van der Waals surface area contributed by atoms with Crippen LogP contribution in [0.1, 0.15) is 20.3 Å². The van der Waals surface area contributed by atoms with E-state index in [1.54, 1.807) is 26.0 Å². The number of hydrogen-bond donors (Lipinski definition) is 2. The van der Waals surface area contributed by atoms with Gasteiger partial charge in [-0.1, -0.05) is 6.07 Å². The maximum absolute atomic E-state index is 12.9. The van der Waals surface area contributed by atoms with Crippen LogP contribution < -0.4 is 16.2 Å². The number of halogens is 1. The fraction of sp³-hybridized carbons (Fsp3) is 0.417. The fourth-order valence-electron chi connectivity index (χ4n) is 1.51. The highest BCUT2D eigenvalue weighted by molar-refractivity contribution is 5.83. The summed E-state index contributed by atoms with van der Waals surface area (Å²) >= 11 is 0. The highest BCUT2D eigenvalue weighted by atomic mass is 19.1. The number of amides is 1. The van der Waals surface area contributed by atoms with Gasteiger partial charge in [-0.2, -0.15) is 0 Å². The number of nitrogens with two attached hydrogens (primary N) is 2. The summed E-state index contributed by atoms with van der Waals surface area (Å²) in [4.78, 5) is 11.0. The van der Waals surface area contributed by atoms with Crippen molar-refractivity contribution in [3.8, 4) is 5.75 Å². The third kappa shape index (κ3) is 4.03. The Balaban J connectivity index is 2.61. The lowest BCUT2D eigenvalue weighted by atomic mass is 9.95. The summed E-state index contributed by atoms with van der Waals surface area (Å²) < 4.78 is 18.4. The van der Waals surface area contributed by atoms with Crippen LogP contribution in [0.5, 0.6) is 5.75 Å². The van der Waals surface area contributed by atoms with Crippen molar-refractivity contribution in [2.45, 2.75) is 31.9 Å². The van der Waals surface area contributed by atoms with Crippen LogP contribution >= 0.6 is 0 Å². The summed E-state index contributed by atoms with van der Waals surface area (Å²) in [5.74, 6) is -0.565. The van der Waals surface area contributed by atoms with E-state index >= 15 is 0 Å². The van der Waals surface area contributed by atoms with E-state index in [0.29, 0.717) is 5.75 Å². The molecule has 0 radical (unpaired) electrons. The first-order valence-corrected chi connectivity index (χ1v) is 5.32. The highest BCUT2D eigenvalue weighted by Gasteiger charge is 2.28. The van der Waals surface area contributed by atoms with Gasteiger partial charge in [0.05, 0.1) is 11.6 Å². The number of benzene rings is 1. The zero-order valence-electron chi connectivity index (χ0n) is 9.94. The molecule has 94 valence electrons. The van der Waals surface area contributed by atoms with Crippen LogP contribution in [0, 0.1) is 5.82 Å². The predicted octanol–water partition coefficient (Wildman–Crippen LogP) is 1.19. The van der Waals surface area contributed by atoms with E-state index in [2.05, 4.69) is 0 Å². The van der Waals surface area contributed by atoms with Gasteiger partial charge in [-0.3, -0.25) is 4.79 Å². The molecule has 2 unspecified atom stereocenters. The monoisotopic (exact) mass is 240 g/mol. The van der Waals surface area contributed by atoms with E-state index in [4.69, 9.17) is 16.2 Å². The van der Waals surface area contributed by atoms with Crippen molar-refractivity contribution in [3.63, 3.8) is 0 Å². The molecule has 0 saturated heterocycles. The van der Waals surface area contributed by atoms with E-state index < -0.39 is 11.4 Å². The van der Waals surface area contributed by atoms with Crippen LogP contribution in [0.2, 0.25) is 0 Å². The van der Waals surface area contributed by atoms with Crippen LogP contribution in [0.3, 0.4) is 0 Å². The quantitative estimate of drug-likeness (QED) is 0.811. The molecule has 0 fully saturated rings. The van der Waals surface area contributed by atoms with Gasteiger partial charge in [-0.25, -0.2) is 4.39 Å². The van der Waals surface area contributed by atoms with Crippen molar-refractivity contribution >= 4 is 5.91 Å². The lowest BCUT2D eigenvalue weighted by Gasteiger charge is -2.25. The summed E-state index contributed by atoms with van der Waals surface area (Å²) in [5.41, 5.74) is 9.74. The molecule has 1 aromatic carbocycles. The smallest absolute Gasteiger partial charge is 0.237 e. The zero-order valence-corrected chi connectivity index (χ0v) is 9.94. The second-order valence-electron chi connectivity index (χ2n) is 4.37. The maximum Gasteiger partial charge on any atom is 0.237 e. The fourth-order valence-corrected chi connectivity index (χ4v) is 1.51. The molecule has 4 N–H and O–H groups in total. The Morgan fingerprint density at radius 1 is 1.59 bits per heavy atom. The van der Waals surface area contributed by atoms with Gasteiger partial charge < -0.3 is 16.2 Å². The standard InChI is InChI=1S/C12H17FN2O2/c1-8(7-12(2,15)11(14)16)17-10-5-3-4-9(13)6-10/h3-6,8H,7,15H2,1-2H3,(H2,14,16). The second-order valence-corrected chi connectivity index (χ2v) is 4.37. The first kappa shape index (κ1) is 13.4. The second kappa shape index (κ2) is 5.14. The Kier molecular flexibility index (Phi) is 4.07. The Bertz CT molecular complexity index is 407. The van der Waals surface area contributed by atoms with Crippen molar-refractivity contribution in [1.82, 2.24) is 0 Å². The Labute approximate surface area is 99.7 Å². The predicted molar refractivity (Wildman–Crippen MR) is 62.9 cm³/mol. The Morgan fingerprint density at radius 2 is 2.24 bits per heavy atom. The van der Waals surface area contributed by atoms with Gasteiger partial charge in [0, 0.05) is 12.5 Å². The molecule has 2 atom stereocenters. The molecule has 0 saturated carbocycles. The van der Waals surface area contributed by atoms with Gasteiger partial charge in [-0.15, -0.1) is 0 Å². The summed E-state index contributed by atoms with van der Waals surface area (Å²) in [6, 6.07) is 5.79. The highest BCUT2D eigenvalue weighted by Crippen LogP contribution is 2.17. The molecular formula is C12H17FN2O2. The number of primary amides is 1. The largest absolute Gasteiger partial charge is 0.491 e. The third-order valence-electron chi connectivity index (χ3n) is 2.41. The van der Waals surface area contributed by atoms with E-state index in [-0.39, 0.29) is 18.3 Å². The molecule has 0 aliphatic rings. The molecule has 0 aliphatic carbocycles. The minimum Gasteiger partial charge on any atom is -0.491 e. The molecule has 5 heteroatoms. The van der Waals surface area contributed by atoms with Crippen LogP contribution in [-0.2, 0) is 4.79 Å². The number of carbonyl (C=O) groups excluding carboxylic acids is 1. The van der Waals surface area contributed by atoms with Gasteiger partial charge in [-0.05, 0) is 26.0 Å². The molecule has 1 rings (SSSR count). The summed E-state index contributed by atoms with van der Waals surface area (Å²) in [6.07, 6.45) is -0.0712. The first-order chi connectivity index (χ1) is 7.81. The summed E-state index contributed by atoms with van der Waals surface area (Å²) in [6.45, 7) is 3.29. The molecular weight excluding hydrogens is 223 g/mol. The Morgan fingerprint density at radius 3 is 2.76 bits per heavy atom. The van der Waals surface area contributed by atoms with E-state index in [0.717, 1.165) is 0 Å². The Hall–Kier alpha value is -1.62. The van der Waals surface area contributed by atoms with E-state index in [1.807, 2.05) is 0 Å². The van der Waals surface area contributed by atoms with Crippen molar-refractivity contribution < 1.29 is 13.9 Å². The van der Waals surface area contributed by atoms with Gasteiger partial charge in [0.15, 0.2) is 0 Å². The number of carbonyl (C=O) groups is 1. The molecule has 17 heavy (non-hydrogen) atoms. The normalized spacial score (nSPS) is 16.0. The molecule has 0 spiro atoms. The topological polar surface area (TPSA) is 78.3 Å². The molecule has 0 bridgehead atoms. The zero-order chi connectivity index (χ0) is 13.1. The third-order valence-corrected chi connectivity index (χ3v) is 2.41. The van der Waals surface area contributed by atoms with Gasteiger partial charge in [0.25, 0.3) is 0 Å². The molecule has 1 amide bonds. The summed E-state index contributed by atoms with van der Waals surface area (Å²) in [5, 5.41) is 0. The van der Waals surface area contributed by atoms with Crippen molar-refractivity contribution in [1.29, 1.82) is 0 Å². The van der Waals surface area contributed by atoms with E-state index in [9.17, 15) is 9.18 Å². The first-order valence-electron chi connectivity index (χ1n) is 5.32. The van der Waals surface area contributed by atoms with Crippen molar-refractivity contribution in [2.24, 2.45) is 11.5 Å². The molecule has 0 aromatic heterocycles. The molecule has 4 nitrogen and oxygen atoms in total. The van der Waals surface area contributed by atoms with E-state index in [1.165, 1.54) is 12.1 Å². The number of hydrogen-bond acceptors (Lipinski definition) is 3. The SMILES string of the molecule is CC(CC(C)(N)C(N)=O)Oc1cccc(F)c1. The van der Waals surface area contributed by atoms with Gasteiger partial charge in [0.1, 0.15) is 11.6 Å². The maximum atomic E-state index is 12.9. The van der Waals surface area contributed by atoms with Crippen LogP contribution in [-0.4, -0.2) is 17.6 Å². The minimum absolute atomic E-state index is 0.263. The number of ether oxygens (including phenoxy) is 1. The molecule has 0 heterocycles.